The Morgan fingerprint density at radius 2 is 2.21 bits per heavy atom. The molecule has 0 bridgehead atoms. The smallest absolute Gasteiger partial charge is 0.191 e. The minimum Gasteiger partial charge on any atom is -0.492 e. The van der Waals surface area contributed by atoms with E-state index in [2.05, 4.69) is 4.85 Å². The second-order valence-electron chi connectivity index (χ2n) is 3.43. The average Bonchev–Trinajstić information content (AvgIpc) is 2.16. The fourth-order valence-electron chi connectivity index (χ4n) is 0.929. The molecular formula is C11H12FNO. The highest BCUT2D eigenvalue weighted by Gasteiger charge is 2.05. The summed E-state index contributed by atoms with van der Waals surface area (Å²) < 4.78 is 18.4. The zero-order valence-corrected chi connectivity index (χ0v) is 8.25. The number of ether oxygens (including phenoxy) is 1. The SMILES string of the molecule is [C-]#[N+]c1ccc(F)c(OCC(C)C)c1. The Kier molecular flexibility index (Phi) is 3.47. The zero-order valence-electron chi connectivity index (χ0n) is 8.25. The summed E-state index contributed by atoms with van der Waals surface area (Å²) in [6, 6.07) is 4.11. The molecule has 0 atom stereocenters. The van der Waals surface area contributed by atoms with Crippen molar-refractivity contribution in [2.24, 2.45) is 5.92 Å². The number of hydrogen-bond acceptors (Lipinski definition) is 1. The minimum atomic E-state index is -0.418. The van der Waals surface area contributed by atoms with E-state index < -0.39 is 5.82 Å². The van der Waals surface area contributed by atoms with Gasteiger partial charge in [-0.1, -0.05) is 19.9 Å². The Bertz CT molecular complexity index is 355. The van der Waals surface area contributed by atoms with Crippen LogP contribution >= 0.6 is 0 Å². The van der Waals surface area contributed by atoms with Crippen LogP contribution in [0.5, 0.6) is 5.75 Å². The van der Waals surface area contributed by atoms with Gasteiger partial charge < -0.3 is 4.74 Å². The van der Waals surface area contributed by atoms with Gasteiger partial charge in [0.15, 0.2) is 11.5 Å². The lowest BCUT2D eigenvalue weighted by molar-refractivity contribution is 0.259. The number of hydrogen-bond donors (Lipinski definition) is 0. The standard InChI is InChI=1S/C11H12FNO/c1-8(2)7-14-11-6-9(13-3)4-5-10(11)12/h4-6,8H,7H2,1-2H3. The minimum absolute atomic E-state index is 0.159. The van der Waals surface area contributed by atoms with E-state index in [0.29, 0.717) is 18.2 Å². The number of halogens is 1. The van der Waals surface area contributed by atoms with Crippen LogP contribution in [0.25, 0.3) is 4.85 Å². The van der Waals surface area contributed by atoms with Crippen molar-refractivity contribution in [2.75, 3.05) is 6.61 Å². The van der Waals surface area contributed by atoms with Crippen LogP contribution in [0.15, 0.2) is 18.2 Å². The molecule has 0 aliphatic heterocycles. The molecule has 0 radical (unpaired) electrons. The summed E-state index contributed by atoms with van der Waals surface area (Å²) in [5.41, 5.74) is 0.394. The van der Waals surface area contributed by atoms with E-state index in [1.807, 2.05) is 13.8 Å². The fourth-order valence-corrected chi connectivity index (χ4v) is 0.929. The Hall–Kier alpha value is -1.56. The van der Waals surface area contributed by atoms with Crippen LogP contribution < -0.4 is 4.74 Å². The van der Waals surface area contributed by atoms with E-state index in [9.17, 15) is 4.39 Å². The van der Waals surface area contributed by atoms with Crippen molar-refractivity contribution in [3.05, 3.63) is 35.4 Å². The Balaban J connectivity index is 2.80. The Labute approximate surface area is 83.1 Å². The highest BCUT2D eigenvalue weighted by molar-refractivity contribution is 5.49. The zero-order chi connectivity index (χ0) is 10.6. The summed E-state index contributed by atoms with van der Waals surface area (Å²) in [5, 5.41) is 0. The summed E-state index contributed by atoms with van der Waals surface area (Å²) in [6.45, 7) is 11.2. The molecular weight excluding hydrogens is 181 g/mol. The van der Waals surface area contributed by atoms with Crippen molar-refractivity contribution in [1.29, 1.82) is 0 Å². The number of nitrogens with zero attached hydrogens (tertiary/aromatic N) is 1. The molecule has 0 aliphatic rings. The van der Waals surface area contributed by atoms with Crippen LogP contribution in [0.1, 0.15) is 13.8 Å². The van der Waals surface area contributed by atoms with Gasteiger partial charge in [-0.15, -0.1) is 0 Å². The maximum Gasteiger partial charge on any atom is 0.191 e. The van der Waals surface area contributed by atoms with Crippen molar-refractivity contribution in [2.45, 2.75) is 13.8 Å². The molecule has 1 rings (SSSR count). The number of rotatable bonds is 3. The summed E-state index contributed by atoms with van der Waals surface area (Å²) in [4.78, 5) is 3.20. The van der Waals surface area contributed by atoms with Crippen LogP contribution in [0.4, 0.5) is 10.1 Å². The van der Waals surface area contributed by atoms with Crippen molar-refractivity contribution in [3.8, 4) is 5.75 Å². The summed E-state index contributed by atoms with van der Waals surface area (Å²) in [7, 11) is 0. The quantitative estimate of drug-likeness (QED) is 0.670. The molecule has 14 heavy (non-hydrogen) atoms. The Morgan fingerprint density at radius 3 is 2.79 bits per heavy atom. The molecule has 0 aliphatic carbocycles. The molecule has 0 heterocycles. The second-order valence-corrected chi connectivity index (χ2v) is 3.43. The van der Waals surface area contributed by atoms with Gasteiger partial charge in [0.25, 0.3) is 0 Å². The lowest BCUT2D eigenvalue weighted by Gasteiger charge is -2.09. The van der Waals surface area contributed by atoms with Gasteiger partial charge in [0.05, 0.1) is 13.2 Å². The van der Waals surface area contributed by atoms with E-state index in [0.717, 1.165) is 0 Å². The van der Waals surface area contributed by atoms with E-state index >= 15 is 0 Å². The molecule has 3 heteroatoms. The monoisotopic (exact) mass is 193 g/mol. The normalized spacial score (nSPS) is 9.93. The van der Waals surface area contributed by atoms with Crippen LogP contribution in [-0.4, -0.2) is 6.61 Å². The van der Waals surface area contributed by atoms with Gasteiger partial charge in [-0.05, 0) is 18.1 Å². The van der Waals surface area contributed by atoms with E-state index in [1.165, 1.54) is 18.2 Å². The number of benzene rings is 1. The highest BCUT2D eigenvalue weighted by atomic mass is 19.1. The molecule has 1 aromatic rings. The molecule has 0 amide bonds. The van der Waals surface area contributed by atoms with Crippen LogP contribution in [0.2, 0.25) is 0 Å². The predicted molar refractivity (Wildman–Crippen MR) is 53.0 cm³/mol. The molecule has 0 saturated carbocycles. The van der Waals surface area contributed by atoms with Gasteiger partial charge in [0.2, 0.25) is 0 Å². The lowest BCUT2D eigenvalue weighted by atomic mass is 10.2. The largest absolute Gasteiger partial charge is 0.492 e. The summed E-state index contributed by atoms with van der Waals surface area (Å²) in [6.07, 6.45) is 0. The van der Waals surface area contributed by atoms with Gasteiger partial charge in [-0.2, -0.15) is 0 Å². The van der Waals surface area contributed by atoms with E-state index in [-0.39, 0.29) is 5.75 Å². The molecule has 74 valence electrons. The van der Waals surface area contributed by atoms with Crippen molar-refractivity contribution in [1.82, 2.24) is 0 Å². The topological polar surface area (TPSA) is 13.6 Å². The fraction of sp³-hybridized carbons (Fsp3) is 0.364. The highest BCUT2D eigenvalue weighted by Crippen LogP contribution is 2.24. The van der Waals surface area contributed by atoms with Crippen molar-refractivity contribution >= 4 is 5.69 Å². The molecule has 0 N–H and O–H groups in total. The third-order valence-corrected chi connectivity index (χ3v) is 1.62. The molecule has 1 aromatic carbocycles. The summed E-state index contributed by atoms with van der Waals surface area (Å²) in [5.74, 6) is 0.0799. The van der Waals surface area contributed by atoms with Crippen LogP contribution in [0.3, 0.4) is 0 Å². The molecule has 0 aromatic heterocycles. The van der Waals surface area contributed by atoms with Gasteiger partial charge >= 0.3 is 0 Å². The molecule has 0 saturated heterocycles. The van der Waals surface area contributed by atoms with Crippen molar-refractivity contribution in [3.63, 3.8) is 0 Å². The van der Waals surface area contributed by atoms with E-state index in [1.54, 1.807) is 0 Å². The Morgan fingerprint density at radius 1 is 1.50 bits per heavy atom. The van der Waals surface area contributed by atoms with Crippen LogP contribution in [0, 0.1) is 18.3 Å². The van der Waals surface area contributed by atoms with Gasteiger partial charge in [0, 0.05) is 0 Å². The van der Waals surface area contributed by atoms with E-state index in [4.69, 9.17) is 11.3 Å². The molecule has 2 nitrogen and oxygen atoms in total. The first-order chi connectivity index (χ1) is 6.63. The van der Waals surface area contributed by atoms with Gasteiger partial charge in [-0.25, -0.2) is 9.24 Å². The van der Waals surface area contributed by atoms with Gasteiger partial charge in [-0.3, -0.25) is 0 Å². The predicted octanol–water partition coefficient (Wildman–Crippen LogP) is 3.41. The third kappa shape index (κ3) is 2.74. The van der Waals surface area contributed by atoms with Gasteiger partial charge in [0.1, 0.15) is 5.75 Å². The maximum absolute atomic E-state index is 13.1. The average molecular weight is 193 g/mol. The van der Waals surface area contributed by atoms with Crippen LogP contribution in [-0.2, 0) is 0 Å². The first kappa shape index (κ1) is 10.5. The maximum atomic E-state index is 13.1. The first-order valence-corrected chi connectivity index (χ1v) is 4.43. The lowest BCUT2D eigenvalue weighted by Crippen LogP contribution is -2.05. The summed E-state index contributed by atoms with van der Waals surface area (Å²) >= 11 is 0. The molecule has 0 fully saturated rings. The second kappa shape index (κ2) is 4.61. The first-order valence-electron chi connectivity index (χ1n) is 4.43. The molecule has 0 unspecified atom stereocenters. The molecule has 0 spiro atoms. The third-order valence-electron chi connectivity index (χ3n) is 1.62. The van der Waals surface area contributed by atoms with Crippen molar-refractivity contribution < 1.29 is 9.13 Å².